The molecule has 1 aliphatic heterocycles. The van der Waals surface area contributed by atoms with E-state index in [4.69, 9.17) is 23.2 Å². The molecule has 0 unspecified atom stereocenters. The van der Waals surface area contributed by atoms with E-state index in [0.717, 1.165) is 5.56 Å². The molecule has 0 radical (unpaired) electrons. The molecule has 0 fully saturated rings. The summed E-state index contributed by atoms with van der Waals surface area (Å²) in [4.78, 5) is 26.4. The van der Waals surface area contributed by atoms with Gasteiger partial charge in [0.2, 0.25) is 5.91 Å². The lowest BCUT2D eigenvalue weighted by molar-refractivity contribution is -0.138. The van der Waals surface area contributed by atoms with Crippen molar-refractivity contribution < 1.29 is 19.8 Å². The van der Waals surface area contributed by atoms with Gasteiger partial charge >= 0.3 is 5.97 Å². The van der Waals surface area contributed by atoms with Crippen LogP contribution in [-0.2, 0) is 9.59 Å². The number of aromatic hydroxyl groups is 1. The number of rotatable bonds is 5. The van der Waals surface area contributed by atoms with Crippen molar-refractivity contribution in [2.24, 2.45) is 5.92 Å². The van der Waals surface area contributed by atoms with Crippen molar-refractivity contribution in [1.82, 2.24) is 0 Å². The number of hydrogen-bond donors (Lipinski definition) is 2. The van der Waals surface area contributed by atoms with E-state index in [2.05, 4.69) is 0 Å². The van der Waals surface area contributed by atoms with Crippen LogP contribution in [0.3, 0.4) is 0 Å². The van der Waals surface area contributed by atoms with E-state index in [1.54, 1.807) is 35.2 Å². The topological polar surface area (TPSA) is 77.8 Å². The fourth-order valence-corrected chi connectivity index (χ4v) is 5.37. The monoisotopic (exact) mass is 453 g/mol. The molecule has 0 aromatic heterocycles. The second-order valence-electron chi connectivity index (χ2n) is 7.33. The molecule has 0 saturated heterocycles. The number of carbonyl (C=O) groups is 2. The van der Waals surface area contributed by atoms with Gasteiger partial charge in [0, 0.05) is 17.3 Å². The lowest BCUT2D eigenvalue weighted by Gasteiger charge is -2.27. The maximum Gasteiger partial charge on any atom is 0.305 e. The minimum Gasteiger partial charge on any atom is -0.506 e. The number of anilines is 1. The largest absolute Gasteiger partial charge is 0.506 e. The van der Waals surface area contributed by atoms with E-state index in [1.807, 2.05) is 13.8 Å². The number of aliphatic carboxylic acids is 1. The third-order valence-electron chi connectivity index (χ3n) is 4.60. The summed E-state index contributed by atoms with van der Waals surface area (Å²) >= 11 is 13.9. The molecule has 2 atom stereocenters. The Morgan fingerprint density at radius 1 is 1.21 bits per heavy atom. The van der Waals surface area contributed by atoms with Gasteiger partial charge in [-0.1, -0.05) is 49.2 Å². The molecule has 1 amide bonds. The number of fused-ring (bicyclic) bond motifs is 1. The van der Waals surface area contributed by atoms with Crippen LogP contribution in [0.25, 0.3) is 0 Å². The molecule has 2 N–H and O–H groups in total. The highest BCUT2D eigenvalue weighted by Crippen LogP contribution is 2.50. The van der Waals surface area contributed by atoms with Gasteiger partial charge in [-0.25, -0.2) is 0 Å². The number of phenols is 1. The highest BCUT2D eigenvalue weighted by Gasteiger charge is 2.38. The van der Waals surface area contributed by atoms with Gasteiger partial charge in [-0.3, -0.25) is 9.59 Å². The minimum absolute atomic E-state index is 0.0715. The van der Waals surface area contributed by atoms with Gasteiger partial charge in [0.25, 0.3) is 0 Å². The number of amides is 1. The molecule has 0 saturated carbocycles. The molecule has 8 heteroatoms. The summed E-state index contributed by atoms with van der Waals surface area (Å²) in [6.07, 6.45) is -0.313. The number of phenolic OH excluding ortho intramolecular Hbond substituents is 1. The number of hydrogen-bond acceptors (Lipinski definition) is 4. The third-order valence-corrected chi connectivity index (χ3v) is 6.73. The highest BCUT2D eigenvalue weighted by atomic mass is 35.5. The first kappa shape index (κ1) is 21.8. The second kappa shape index (κ2) is 8.86. The number of carboxylic acids is 1. The molecule has 2 aromatic rings. The number of benzene rings is 2. The van der Waals surface area contributed by atoms with E-state index in [0.29, 0.717) is 22.8 Å². The molecule has 0 aliphatic carbocycles. The van der Waals surface area contributed by atoms with Gasteiger partial charge in [-0.05, 0) is 41.3 Å². The summed E-state index contributed by atoms with van der Waals surface area (Å²) in [7, 11) is 0. The van der Waals surface area contributed by atoms with Gasteiger partial charge in [-0.15, -0.1) is 11.8 Å². The van der Waals surface area contributed by atoms with E-state index in [1.165, 1.54) is 17.8 Å². The van der Waals surface area contributed by atoms with Crippen LogP contribution in [0, 0.1) is 5.92 Å². The van der Waals surface area contributed by atoms with Crippen molar-refractivity contribution in [2.75, 3.05) is 11.4 Å². The van der Waals surface area contributed by atoms with Crippen LogP contribution in [0.5, 0.6) is 5.75 Å². The molecular weight excluding hydrogens is 433 g/mol. The molecule has 1 aliphatic rings. The molecule has 2 aromatic carbocycles. The Balaban J connectivity index is 2.23. The van der Waals surface area contributed by atoms with Crippen molar-refractivity contribution in [3.05, 3.63) is 57.6 Å². The fraction of sp³-hybridized carbons (Fsp3) is 0.333. The van der Waals surface area contributed by atoms with E-state index < -0.39 is 16.5 Å². The normalized spacial score (nSPS) is 19.2. The summed E-state index contributed by atoms with van der Waals surface area (Å²) < 4.78 is 0. The number of carboxylic acid groups (broad SMARTS) is 1. The zero-order valence-corrected chi connectivity index (χ0v) is 18.3. The average Bonchev–Trinajstić information content (AvgIpc) is 2.74. The van der Waals surface area contributed by atoms with Crippen LogP contribution in [-0.4, -0.2) is 33.9 Å². The van der Waals surface area contributed by atoms with Crippen molar-refractivity contribution in [3.63, 3.8) is 0 Å². The number of thioether (sulfide) groups is 1. The molecule has 3 rings (SSSR count). The van der Waals surface area contributed by atoms with Crippen LogP contribution >= 0.6 is 35.0 Å². The van der Waals surface area contributed by atoms with E-state index in [9.17, 15) is 19.8 Å². The maximum absolute atomic E-state index is 13.3. The van der Waals surface area contributed by atoms with Crippen molar-refractivity contribution in [3.8, 4) is 5.75 Å². The lowest BCUT2D eigenvalue weighted by Crippen LogP contribution is -2.40. The predicted molar refractivity (Wildman–Crippen MR) is 117 cm³/mol. The SMILES string of the molecule is CC(C)CN1C(=O)[C@@H](CC(=O)O)S[C@H](c2cccc(O)c2Cl)c2cc(Cl)ccc21. The second-order valence-corrected chi connectivity index (χ2v) is 9.46. The molecule has 0 bridgehead atoms. The van der Waals surface area contributed by atoms with Crippen LogP contribution in [0.2, 0.25) is 10.0 Å². The van der Waals surface area contributed by atoms with E-state index >= 15 is 0 Å². The Bertz CT molecular complexity index is 950. The third kappa shape index (κ3) is 4.65. The first-order chi connectivity index (χ1) is 13.7. The van der Waals surface area contributed by atoms with Crippen LogP contribution in [0.1, 0.15) is 36.6 Å². The van der Waals surface area contributed by atoms with Gasteiger partial charge in [0.1, 0.15) is 5.75 Å². The lowest BCUT2D eigenvalue weighted by atomic mass is 10.0. The summed E-state index contributed by atoms with van der Waals surface area (Å²) in [5.41, 5.74) is 2.05. The zero-order valence-electron chi connectivity index (χ0n) is 15.9. The van der Waals surface area contributed by atoms with Crippen LogP contribution < -0.4 is 4.90 Å². The minimum atomic E-state index is -1.05. The van der Waals surface area contributed by atoms with Gasteiger partial charge in [-0.2, -0.15) is 0 Å². The summed E-state index contributed by atoms with van der Waals surface area (Å²) in [6.45, 7) is 4.44. The van der Waals surface area contributed by atoms with Gasteiger partial charge in [0.05, 0.1) is 21.9 Å². The Hall–Kier alpha value is -1.89. The summed E-state index contributed by atoms with van der Waals surface area (Å²) in [5, 5.41) is 18.9. The quantitative estimate of drug-likeness (QED) is 0.636. The first-order valence-corrected chi connectivity index (χ1v) is 10.8. The van der Waals surface area contributed by atoms with E-state index in [-0.39, 0.29) is 29.0 Å². The molecule has 0 spiro atoms. The number of halogens is 2. The van der Waals surface area contributed by atoms with Crippen LogP contribution in [0.15, 0.2) is 36.4 Å². The standard InChI is InChI=1S/C21H21Cl2NO4S/c1-11(2)10-24-15-7-6-12(22)8-14(15)20(13-4-3-5-16(25)19(13)23)29-17(21(24)28)9-18(26)27/h3-8,11,17,20,25H,9-10H2,1-2H3,(H,26,27)/t17-,20-/m1/s1. The Morgan fingerprint density at radius 2 is 1.93 bits per heavy atom. The predicted octanol–water partition coefficient (Wildman–Crippen LogP) is 5.37. The number of nitrogens with zero attached hydrogens (tertiary/aromatic N) is 1. The summed E-state index contributed by atoms with van der Waals surface area (Å²) in [5.74, 6) is -1.20. The van der Waals surface area contributed by atoms with Crippen molar-refractivity contribution in [1.29, 1.82) is 0 Å². The Labute approximate surface area is 183 Å². The Kier molecular flexibility index (Phi) is 6.66. The summed E-state index contributed by atoms with van der Waals surface area (Å²) in [6, 6.07) is 10.2. The Morgan fingerprint density at radius 3 is 2.59 bits per heavy atom. The molecular formula is C21H21Cl2NO4S. The molecule has 29 heavy (non-hydrogen) atoms. The smallest absolute Gasteiger partial charge is 0.305 e. The molecule has 5 nitrogen and oxygen atoms in total. The fourth-order valence-electron chi connectivity index (χ4n) is 3.40. The van der Waals surface area contributed by atoms with Crippen LogP contribution in [0.4, 0.5) is 5.69 Å². The number of carbonyl (C=O) groups excluding carboxylic acids is 1. The zero-order chi connectivity index (χ0) is 21.3. The maximum atomic E-state index is 13.3. The molecule has 1 heterocycles. The van der Waals surface area contributed by atoms with Crippen molar-refractivity contribution in [2.45, 2.75) is 30.8 Å². The van der Waals surface area contributed by atoms with Crippen molar-refractivity contribution >= 4 is 52.5 Å². The van der Waals surface area contributed by atoms with Gasteiger partial charge in [0.15, 0.2) is 0 Å². The first-order valence-electron chi connectivity index (χ1n) is 9.14. The molecule has 154 valence electrons. The highest BCUT2D eigenvalue weighted by molar-refractivity contribution is 8.01. The van der Waals surface area contributed by atoms with Gasteiger partial charge < -0.3 is 15.1 Å². The average molecular weight is 454 g/mol.